The molecule has 0 fully saturated rings. The topological polar surface area (TPSA) is 74.9 Å². The minimum absolute atomic E-state index is 0.659. The summed E-state index contributed by atoms with van der Waals surface area (Å²) in [6.07, 6.45) is 1.77. The van der Waals surface area contributed by atoms with Gasteiger partial charge in [-0.05, 0) is 35.9 Å². The Morgan fingerprint density at radius 2 is 1.77 bits per heavy atom. The van der Waals surface area contributed by atoms with Crippen LogP contribution in [0.4, 0.5) is 17.3 Å². The van der Waals surface area contributed by atoms with Crippen LogP contribution in [0.15, 0.2) is 66.9 Å². The number of H-pyrrole nitrogens is 1. The zero-order valence-corrected chi connectivity index (χ0v) is 14.4. The number of para-hydroxylation sites is 1. The minimum Gasteiger partial charge on any atom is -0.497 e. The quantitative estimate of drug-likeness (QED) is 0.485. The Bertz CT molecular complexity index is 996. The molecule has 0 spiro atoms. The van der Waals surface area contributed by atoms with Gasteiger partial charge < -0.3 is 15.4 Å². The van der Waals surface area contributed by atoms with Gasteiger partial charge in [0.15, 0.2) is 5.82 Å². The highest BCUT2D eigenvalue weighted by molar-refractivity contribution is 5.99. The number of hydrogen-bond donors (Lipinski definition) is 3. The summed E-state index contributed by atoms with van der Waals surface area (Å²) in [7, 11) is 1.66. The van der Waals surface area contributed by atoms with Crippen LogP contribution in [0, 0.1) is 0 Å². The first-order chi connectivity index (χ1) is 12.8. The fraction of sp³-hybridized carbons (Fsp3) is 0.100. The molecule has 0 aliphatic carbocycles. The van der Waals surface area contributed by atoms with Gasteiger partial charge in [0.05, 0.1) is 18.0 Å². The highest BCUT2D eigenvalue weighted by Crippen LogP contribution is 2.29. The van der Waals surface area contributed by atoms with Gasteiger partial charge in [0.25, 0.3) is 0 Å². The zero-order chi connectivity index (χ0) is 17.8. The average molecular weight is 345 g/mol. The Morgan fingerprint density at radius 1 is 0.962 bits per heavy atom. The van der Waals surface area contributed by atoms with Gasteiger partial charge in [0, 0.05) is 18.4 Å². The van der Waals surface area contributed by atoms with Gasteiger partial charge in [-0.25, -0.2) is 4.98 Å². The monoisotopic (exact) mass is 345 g/mol. The van der Waals surface area contributed by atoms with Crippen LogP contribution in [-0.4, -0.2) is 22.3 Å². The average Bonchev–Trinajstić information content (AvgIpc) is 3.11. The maximum atomic E-state index is 5.20. The number of aromatic nitrogens is 3. The molecule has 6 heteroatoms. The van der Waals surface area contributed by atoms with Gasteiger partial charge in [-0.3, -0.25) is 5.10 Å². The van der Waals surface area contributed by atoms with Crippen LogP contribution >= 0.6 is 0 Å². The number of ether oxygens (including phenoxy) is 1. The summed E-state index contributed by atoms with van der Waals surface area (Å²) in [5.74, 6) is 2.38. The summed E-state index contributed by atoms with van der Waals surface area (Å²) in [5.41, 5.74) is 3.05. The second-order valence-corrected chi connectivity index (χ2v) is 5.85. The molecule has 2 aromatic carbocycles. The Kier molecular flexibility index (Phi) is 4.38. The van der Waals surface area contributed by atoms with Crippen molar-refractivity contribution in [3.8, 4) is 5.75 Å². The molecule has 26 heavy (non-hydrogen) atoms. The van der Waals surface area contributed by atoms with Crippen LogP contribution in [0.2, 0.25) is 0 Å². The molecule has 0 amide bonds. The summed E-state index contributed by atoms with van der Waals surface area (Å²) in [6, 6.07) is 19.8. The maximum Gasteiger partial charge on any atom is 0.163 e. The smallest absolute Gasteiger partial charge is 0.163 e. The predicted molar refractivity (Wildman–Crippen MR) is 104 cm³/mol. The molecule has 2 heterocycles. The first-order valence-electron chi connectivity index (χ1n) is 8.35. The van der Waals surface area contributed by atoms with E-state index in [-0.39, 0.29) is 0 Å². The lowest BCUT2D eigenvalue weighted by molar-refractivity contribution is 0.414. The molecule has 0 saturated carbocycles. The van der Waals surface area contributed by atoms with Gasteiger partial charge in [-0.15, -0.1) is 0 Å². The Balaban J connectivity index is 1.59. The summed E-state index contributed by atoms with van der Waals surface area (Å²) in [5, 5.41) is 15.1. The molecule has 0 bridgehead atoms. The summed E-state index contributed by atoms with van der Waals surface area (Å²) in [6.45, 7) is 0.659. The van der Waals surface area contributed by atoms with E-state index in [0.29, 0.717) is 6.54 Å². The van der Waals surface area contributed by atoms with Crippen molar-refractivity contribution < 1.29 is 4.74 Å². The fourth-order valence-corrected chi connectivity index (χ4v) is 2.78. The first kappa shape index (κ1) is 16.0. The molecule has 0 saturated heterocycles. The number of anilines is 3. The van der Waals surface area contributed by atoms with Crippen molar-refractivity contribution in [2.45, 2.75) is 6.54 Å². The minimum atomic E-state index is 0.659. The number of fused-ring (bicyclic) bond motifs is 1. The third-order valence-electron chi connectivity index (χ3n) is 4.13. The molecule has 3 N–H and O–H groups in total. The Morgan fingerprint density at radius 3 is 2.54 bits per heavy atom. The van der Waals surface area contributed by atoms with Gasteiger partial charge in [-0.1, -0.05) is 30.3 Å². The lowest BCUT2D eigenvalue weighted by Crippen LogP contribution is -2.02. The lowest BCUT2D eigenvalue weighted by Gasteiger charge is -2.09. The van der Waals surface area contributed by atoms with Crippen molar-refractivity contribution >= 4 is 28.2 Å². The van der Waals surface area contributed by atoms with Crippen molar-refractivity contribution in [2.24, 2.45) is 0 Å². The number of pyridine rings is 1. The molecular weight excluding hydrogens is 326 g/mol. The second kappa shape index (κ2) is 7.14. The Hall–Kier alpha value is -3.54. The van der Waals surface area contributed by atoms with E-state index in [9.17, 15) is 0 Å². The number of methoxy groups -OCH3 is 1. The SMILES string of the molecule is COc1ccc(CNc2nccc3[nH]nc(Nc4ccccc4)c23)cc1. The van der Waals surface area contributed by atoms with Gasteiger partial charge >= 0.3 is 0 Å². The Labute approximate surface area is 151 Å². The molecule has 130 valence electrons. The van der Waals surface area contributed by atoms with Crippen molar-refractivity contribution in [3.05, 3.63) is 72.4 Å². The molecule has 6 nitrogen and oxygen atoms in total. The summed E-state index contributed by atoms with van der Waals surface area (Å²) < 4.78 is 5.20. The van der Waals surface area contributed by atoms with E-state index in [0.717, 1.165) is 39.5 Å². The third-order valence-corrected chi connectivity index (χ3v) is 4.13. The van der Waals surface area contributed by atoms with E-state index in [1.807, 2.05) is 60.7 Å². The highest BCUT2D eigenvalue weighted by Gasteiger charge is 2.11. The van der Waals surface area contributed by atoms with Crippen LogP contribution in [0.3, 0.4) is 0 Å². The molecule has 0 atom stereocenters. The van der Waals surface area contributed by atoms with Crippen molar-refractivity contribution in [1.82, 2.24) is 15.2 Å². The molecule has 0 unspecified atom stereocenters. The molecule has 2 aromatic heterocycles. The lowest BCUT2D eigenvalue weighted by atomic mass is 10.2. The van der Waals surface area contributed by atoms with E-state index in [4.69, 9.17) is 4.74 Å². The molecule has 4 rings (SSSR count). The van der Waals surface area contributed by atoms with E-state index < -0.39 is 0 Å². The number of hydrogen-bond acceptors (Lipinski definition) is 5. The van der Waals surface area contributed by atoms with E-state index in [1.54, 1.807) is 13.3 Å². The number of nitrogens with zero attached hydrogens (tertiary/aromatic N) is 2. The molecule has 0 radical (unpaired) electrons. The molecule has 0 aliphatic heterocycles. The van der Waals surface area contributed by atoms with Gasteiger partial charge in [0.1, 0.15) is 11.6 Å². The van der Waals surface area contributed by atoms with Crippen LogP contribution in [0.25, 0.3) is 10.9 Å². The van der Waals surface area contributed by atoms with Crippen LogP contribution in [0.1, 0.15) is 5.56 Å². The molecular formula is C20H19N5O. The highest BCUT2D eigenvalue weighted by atomic mass is 16.5. The number of rotatable bonds is 6. The van der Waals surface area contributed by atoms with E-state index >= 15 is 0 Å². The fourth-order valence-electron chi connectivity index (χ4n) is 2.78. The predicted octanol–water partition coefficient (Wildman–Crippen LogP) is 4.32. The van der Waals surface area contributed by atoms with Crippen LogP contribution in [0.5, 0.6) is 5.75 Å². The van der Waals surface area contributed by atoms with Crippen LogP contribution in [-0.2, 0) is 6.54 Å². The zero-order valence-electron chi connectivity index (χ0n) is 14.4. The van der Waals surface area contributed by atoms with Gasteiger partial charge in [-0.2, -0.15) is 5.10 Å². The van der Waals surface area contributed by atoms with Gasteiger partial charge in [0.2, 0.25) is 0 Å². The van der Waals surface area contributed by atoms with E-state index in [2.05, 4.69) is 25.8 Å². The van der Waals surface area contributed by atoms with Crippen molar-refractivity contribution in [1.29, 1.82) is 0 Å². The second-order valence-electron chi connectivity index (χ2n) is 5.85. The third kappa shape index (κ3) is 3.30. The maximum absolute atomic E-state index is 5.20. The van der Waals surface area contributed by atoms with Crippen LogP contribution < -0.4 is 15.4 Å². The summed E-state index contributed by atoms with van der Waals surface area (Å²) in [4.78, 5) is 4.49. The van der Waals surface area contributed by atoms with Crippen molar-refractivity contribution in [3.63, 3.8) is 0 Å². The normalized spacial score (nSPS) is 10.7. The summed E-state index contributed by atoms with van der Waals surface area (Å²) >= 11 is 0. The molecule has 4 aromatic rings. The number of nitrogens with one attached hydrogen (secondary N) is 3. The van der Waals surface area contributed by atoms with Crippen molar-refractivity contribution in [2.75, 3.05) is 17.7 Å². The number of aromatic amines is 1. The first-order valence-corrected chi connectivity index (χ1v) is 8.35. The largest absolute Gasteiger partial charge is 0.497 e. The standard InChI is InChI=1S/C20H19N5O/c1-26-16-9-7-14(8-10-16)13-22-19-18-17(11-12-21-19)24-25-20(18)23-15-5-3-2-4-6-15/h2-12H,13H2,1H3,(H,21,22)(H2,23,24,25). The molecule has 0 aliphatic rings. The number of benzene rings is 2. The van der Waals surface area contributed by atoms with E-state index in [1.165, 1.54) is 0 Å².